The number of carbonyl (C=O) groups excluding carboxylic acids is 1. The Bertz CT molecular complexity index is 597. The van der Waals surface area contributed by atoms with E-state index in [2.05, 4.69) is 0 Å². The van der Waals surface area contributed by atoms with E-state index in [0.717, 1.165) is 11.3 Å². The van der Waals surface area contributed by atoms with E-state index >= 15 is 0 Å². The van der Waals surface area contributed by atoms with Crippen LogP contribution in [0.15, 0.2) is 24.3 Å². The van der Waals surface area contributed by atoms with Gasteiger partial charge in [0.05, 0.1) is 13.2 Å². The lowest BCUT2D eigenvalue weighted by Crippen LogP contribution is -2.33. The number of likely N-dealkylation sites (tertiary alicyclic amines) is 1. The maximum atomic E-state index is 12.0. The van der Waals surface area contributed by atoms with Crippen molar-refractivity contribution in [2.24, 2.45) is 5.14 Å². The molecule has 6 nitrogen and oxygen atoms in total. The van der Waals surface area contributed by atoms with Gasteiger partial charge in [0.2, 0.25) is 15.9 Å². The summed E-state index contributed by atoms with van der Waals surface area (Å²) < 4.78 is 27.8. The summed E-state index contributed by atoms with van der Waals surface area (Å²) in [5.74, 6) is 0.545. The summed E-state index contributed by atoms with van der Waals surface area (Å²) in [4.78, 5) is 13.5. The molecule has 110 valence electrons. The van der Waals surface area contributed by atoms with Gasteiger partial charge in [0, 0.05) is 13.0 Å². The molecule has 2 N–H and O–H groups in total. The molecule has 1 fully saturated rings. The van der Waals surface area contributed by atoms with Gasteiger partial charge in [0.15, 0.2) is 0 Å². The second kappa shape index (κ2) is 5.41. The molecule has 0 bridgehead atoms. The highest BCUT2D eigenvalue weighted by atomic mass is 32.2. The Hall–Kier alpha value is -1.60. The lowest BCUT2D eigenvalue weighted by atomic mass is 10.1. The molecule has 0 spiro atoms. The number of benzene rings is 1. The second-order valence-electron chi connectivity index (χ2n) is 4.91. The highest BCUT2D eigenvalue weighted by Crippen LogP contribution is 2.28. The van der Waals surface area contributed by atoms with Crippen molar-refractivity contribution in [2.75, 3.05) is 13.7 Å². The maximum absolute atomic E-state index is 12.0. The van der Waals surface area contributed by atoms with Crippen LogP contribution < -0.4 is 9.88 Å². The minimum absolute atomic E-state index is 0.0423. The molecule has 1 amide bonds. The van der Waals surface area contributed by atoms with Crippen LogP contribution in [-0.2, 0) is 14.8 Å². The number of amides is 1. The Morgan fingerprint density at radius 1 is 1.35 bits per heavy atom. The Morgan fingerprint density at radius 3 is 2.40 bits per heavy atom. The molecule has 0 saturated carbocycles. The first-order valence-corrected chi connectivity index (χ1v) is 7.89. The molecule has 0 radical (unpaired) electrons. The van der Waals surface area contributed by atoms with Crippen molar-refractivity contribution < 1.29 is 17.9 Å². The van der Waals surface area contributed by atoms with Crippen molar-refractivity contribution in [1.29, 1.82) is 0 Å². The van der Waals surface area contributed by atoms with Gasteiger partial charge in [-0.2, -0.15) is 0 Å². The fourth-order valence-corrected chi connectivity index (χ4v) is 3.10. The Morgan fingerprint density at radius 2 is 1.95 bits per heavy atom. The fourth-order valence-electron chi connectivity index (χ4n) is 2.35. The van der Waals surface area contributed by atoms with Crippen LogP contribution in [0, 0.1) is 0 Å². The SMILES string of the molecule is COc1ccc([C@H](C)N2CC(S(N)(=O)=O)CC2=O)cc1. The van der Waals surface area contributed by atoms with Crippen molar-refractivity contribution in [3.63, 3.8) is 0 Å². The number of primary sulfonamides is 1. The fraction of sp³-hybridized carbons (Fsp3) is 0.462. The monoisotopic (exact) mass is 298 g/mol. The molecule has 1 aromatic rings. The van der Waals surface area contributed by atoms with Crippen LogP contribution in [0.3, 0.4) is 0 Å². The molecule has 20 heavy (non-hydrogen) atoms. The number of ether oxygens (including phenoxy) is 1. The Labute approximate surface area is 118 Å². The van der Waals surface area contributed by atoms with Crippen LogP contribution in [0.4, 0.5) is 0 Å². The van der Waals surface area contributed by atoms with E-state index in [-0.39, 0.29) is 24.9 Å². The van der Waals surface area contributed by atoms with Gasteiger partial charge in [-0.05, 0) is 24.6 Å². The van der Waals surface area contributed by atoms with Crippen LogP contribution in [0.25, 0.3) is 0 Å². The summed E-state index contributed by atoms with van der Waals surface area (Å²) in [6.45, 7) is 2.01. The highest BCUT2D eigenvalue weighted by molar-refractivity contribution is 7.89. The summed E-state index contributed by atoms with van der Waals surface area (Å²) in [5, 5.41) is 4.31. The lowest BCUT2D eigenvalue weighted by Gasteiger charge is -2.25. The van der Waals surface area contributed by atoms with Gasteiger partial charge in [0.1, 0.15) is 11.0 Å². The average Bonchev–Trinajstić information content (AvgIpc) is 2.80. The molecule has 0 aliphatic carbocycles. The molecule has 1 aromatic carbocycles. The van der Waals surface area contributed by atoms with Crippen molar-refractivity contribution in [2.45, 2.75) is 24.6 Å². The zero-order valence-electron chi connectivity index (χ0n) is 11.4. The standard InChI is InChI=1S/C13H18N2O4S/c1-9(10-3-5-11(19-2)6-4-10)15-8-12(7-13(15)16)20(14,17)18/h3-6,9,12H,7-8H2,1-2H3,(H2,14,17,18)/t9-,12?/m0/s1. The normalized spacial score (nSPS) is 21.1. The van der Waals surface area contributed by atoms with Crippen LogP contribution in [0.1, 0.15) is 24.9 Å². The number of hydrogen-bond donors (Lipinski definition) is 1. The molecule has 1 saturated heterocycles. The quantitative estimate of drug-likeness (QED) is 0.883. The van der Waals surface area contributed by atoms with E-state index in [0.29, 0.717) is 0 Å². The van der Waals surface area contributed by atoms with Gasteiger partial charge in [-0.3, -0.25) is 4.79 Å². The van der Waals surface area contributed by atoms with Crippen molar-refractivity contribution in [3.8, 4) is 5.75 Å². The molecule has 0 aromatic heterocycles. The molecular weight excluding hydrogens is 280 g/mol. The minimum Gasteiger partial charge on any atom is -0.497 e. The van der Waals surface area contributed by atoms with Gasteiger partial charge in [-0.15, -0.1) is 0 Å². The third-order valence-corrected chi connectivity index (χ3v) is 4.90. The summed E-state index contributed by atoms with van der Waals surface area (Å²) in [6, 6.07) is 7.15. The van der Waals surface area contributed by atoms with Crippen LogP contribution >= 0.6 is 0 Å². The van der Waals surface area contributed by atoms with E-state index in [1.54, 1.807) is 12.0 Å². The largest absolute Gasteiger partial charge is 0.497 e. The number of carbonyl (C=O) groups is 1. The van der Waals surface area contributed by atoms with Gasteiger partial charge in [-0.1, -0.05) is 12.1 Å². The Balaban J connectivity index is 2.16. The summed E-state index contributed by atoms with van der Waals surface area (Å²) >= 11 is 0. The molecule has 1 unspecified atom stereocenters. The number of sulfonamides is 1. The summed E-state index contributed by atoms with van der Waals surface area (Å²) in [5.41, 5.74) is 0.925. The predicted octanol–water partition coefficient (Wildman–Crippen LogP) is 0.646. The predicted molar refractivity (Wildman–Crippen MR) is 74.6 cm³/mol. The van der Waals surface area contributed by atoms with Gasteiger partial charge in [-0.25, -0.2) is 13.6 Å². The molecule has 7 heteroatoms. The van der Waals surface area contributed by atoms with E-state index < -0.39 is 15.3 Å². The first kappa shape index (κ1) is 14.8. The van der Waals surface area contributed by atoms with Crippen molar-refractivity contribution in [3.05, 3.63) is 29.8 Å². The van der Waals surface area contributed by atoms with Crippen LogP contribution in [0.5, 0.6) is 5.75 Å². The number of nitrogens with two attached hydrogens (primary N) is 1. The zero-order chi connectivity index (χ0) is 14.9. The third-order valence-electron chi connectivity index (χ3n) is 3.65. The van der Waals surface area contributed by atoms with E-state index in [9.17, 15) is 13.2 Å². The topological polar surface area (TPSA) is 89.7 Å². The number of hydrogen-bond acceptors (Lipinski definition) is 4. The third kappa shape index (κ3) is 2.94. The average molecular weight is 298 g/mol. The first-order chi connectivity index (χ1) is 9.32. The Kier molecular flexibility index (Phi) is 4.01. The first-order valence-electron chi connectivity index (χ1n) is 6.28. The molecule has 2 atom stereocenters. The maximum Gasteiger partial charge on any atom is 0.224 e. The molecule has 1 aliphatic rings. The molecular formula is C13H18N2O4S. The summed E-state index contributed by atoms with van der Waals surface area (Å²) in [6.07, 6.45) is -0.0423. The van der Waals surface area contributed by atoms with Gasteiger partial charge in [0.25, 0.3) is 0 Å². The van der Waals surface area contributed by atoms with E-state index in [1.807, 2.05) is 31.2 Å². The minimum atomic E-state index is -3.68. The molecule has 1 aliphatic heterocycles. The molecule has 2 rings (SSSR count). The van der Waals surface area contributed by atoms with Crippen molar-refractivity contribution >= 4 is 15.9 Å². The number of rotatable bonds is 4. The lowest BCUT2D eigenvalue weighted by molar-refractivity contribution is -0.129. The smallest absolute Gasteiger partial charge is 0.224 e. The molecule has 1 heterocycles. The summed E-state index contributed by atoms with van der Waals surface area (Å²) in [7, 11) is -2.09. The van der Waals surface area contributed by atoms with Crippen LogP contribution in [0.2, 0.25) is 0 Å². The highest BCUT2D eigenvalue weighted by Gasteiger charge is 2.38. The number of methoxy groups -OCH3 is 1. The van der Waals surface area contributed by atoms with Crippen molar-refractivity contribution in [1.82, 2.24) is 4.90 Å². The van der Waals surface area contributed by atoms with Crippen LogP contribution in [-0.4, -0.2) is 38.1 Å². The van der Waals surface area contributed by atoms with E-state index in [4.69, 9.17) is 9.88 Å². The number of nitrogens with zero attached hydrogens (tertiary/aromatic N) is 1. The van der Waals surface area contributed by atoms with E-state index in [1.165, 1.54) is 0 Å². The van der Waals surface area contributed by atoms with Gasteiger partial charge >= 0.3 is 0 Å². The zero-order valence-corrected chi connectivity index (χ0v) is 12.3. The second-order valence-corrected chi connectivity index (χ2v) is 6.76. The van der Waals surface area contributed by atoms with Gasteiger partial charge < -0.3 is 9.64 Å².